The van der Waals surface area contributed by atoms with Crippen LogP contribution in [0.5, 0.6) is 5.75 Å². The molecule has 1 aliphatic rings. The maximum absolute atomic E-state index is 5.75. The van der Waals surface area contributed by atoms with Crippen LogP contribution in [0.4, 0.5) is 0 Å². The Labute approximate surface area is 86.0 Å². The number of ether oxygens (including phenoxy) is 2. The lowest BCUT2D eigenvalue weighted by molar-refractivity contribution is -0.149. The first-order valence-electron chi connectivity index (χ1n) is 4.20. The van der Waals surface area contributed by atoms with Gasteiger partial charge < -0.3 is 9.47 Å². The first-order chi connectivity index (χ1) is 6.18. The Morgan fingerprint density at radius 2 is 1.92 bits per heavy atom. The number of rotatable bonds is 2. The van der Waals surface area contributed by atoms with Crippen LogP contribution in [0, 0.1) is 0 Å². The molecule has 13 heavy (non-hydrogen) atoms. The molecule has 0 aromatic heterocycles. The summed E-state index contributed by atoms with van der Waals surface area (Å²) in [6.07, 6.45) is 0. The van der Waals surface area contributed by atoms with Crippen molar-refractivity contribution in [2.45, 2.75) is 12.5 Å². The second-order valence-electron chi connectivity index (χ2n) is 3.50. The van der Waals surface area contributed by atoms with Crippen LogP contribution in [0.1, 0.15) is 6.92 Å². The quantitative estimate of drug-likeness (QED) is 0.794. The van der Waals surface area contributed by atoms with E-state index < -0.39 is 0 Å². The molecule has 1 aliphatic heterocycles. The van der Waals surface area contributed by atoms with Crippen LogP contribution in [0.25, 0.3) is 0 Å². The van der Waals surface area contributed by atoms with Gasteiger partial charge in [-0.1, -0.05) is 15.9 Å². The van der Waals surface area contributed by atoms with Crippen molar-refractivity contribution in [1.82, 2.24) is 0 Å². The third-order valence-electron chi connectivity index (χ3n) is 1.99. The molecule has 0 unspecified atom stereocenters. The van der Waals surface area contributed by atoms with Gasteiger partial charge in [0.25, 0.3) is 0 Å². The van der Waals surface area contributed by atoms with Crippen LogP contribution in [0.2, 0.25) is 0 Å². The lowest BCUT2D eigenvalue weighted by atomic mass is 10.1. The summed E-state index contributed by atoms with van der Waals surface area (Å²) in [4.78, 5) is 0. The van der Waals surface area contributed by atoms with E-state index in [4.69, 9.17) is 9.47 Å². The normalized spacial score (nSPS) is 19.2. The van der Waals surface area contributed by atoms with E-state index in [-0.39, 0.29) is 5.60 Å². The van der Waals surface area contributed by atoms with Crippen LogP contribution in [-0.4, -0.2) is 18.8 Å². The van der Waals surface area contributed by atoms with Crippen molar-refractivity contribution < 1.29 is 9.47 Å². The van der Waals surface area contributed by atoms with E-state index in [1.165, 1.54) is 0 Å². The van der Waals surface area contributed by atoms with Gasteiger partial charge >= 0.3 is 0 Å². The van der Waals surface area contributed by atoms with Crippen molar-refractivity contribution in [3.63, 3.8) is 0 Å². The molecule has 0 saturated carbocycles. The van der Waals surface area contributed by atoms with Gasteiger partial charge in [-0.25, -0.2) is 0 Å². The van der Waals surface area contributed by atoms with Gasteiger partial charge in [-0.2, -0.15) is 0 Å². The first kappa shape index (κ1) is 9.03. The van der Waals surface area contributed by atoms with Gasteiger partial charge in [0.15, 0.2) is 5.60 Å². The molecule has 1 aromatic rings. The molecule has 2 nitrogen and oxygen atoms in total. The lowest BCUT2D eigenvalue weighted by Gasteiger charge is -2.38. The second-order valence-corrected chi connectivity index (χ2v) is 4.41. The summed E-state index contributed by atoms with van der Waals surface area (Å²) in [6.45, 7) is 3.42. The lowest BCUT2D eigenvalue weighted by Crippen LogP contribution is -2.51. The van der Waals surface area contributed by atoms with Gasteiger partial charge in [-0.3, -0.25) is 0 Å². The van der Waals surface area contributed by atoms with Crippen molar-refractivity contribution >= 4 is 15.9 Å². The van der Waals surface area contributed by atoms with Gasteiger partial charge in [0.2, 0.25) is 0 Å². The van der Waals surface area contributed by atoms with Gasteiger partial charge in [0.1, 0.15) is 5.75 Å². The number of benzene rings is 1. The molecule has 0 bridgehead atoms. The summed E-state index contributed by atoms with van der Waals surface area (Å²) in [5.41, 5.74) is -0.117. The van der Waals surface area contributed by atoms with Gasteiger partial charge in [-0.15, -0.1) is 0 Å². The van der Waals surface area contributed by atoms with E-state index in [1.807, 2.05) is 24.3 Å². The Hall–Kier alpha value is -0.540. The molecule has 0 aliphatic carbocycles. The maximum Gasteiger partial charge on any atom is 0.152 e. The zero-order chi connectivity index (χ0) is 9.31. The molecule has 0 radical (unpaired) electrons. The third kappa shape index (κ3) is 2.03. The molecule has 1 aromatic carbocycles. The highest BCUT2D eigenvalue weighted by molar-refractivity contribution is 9.10. The summed E-state index contributed by atoms with van der Waals surface area (Å²) < 4.78 is 11.9. The Bertz CT molecular complexity index is 290. The predicted molar refractivity (Wildman–Crippen MR) is 54.0 cm³/mol. The monoisotopic (exact) mass is 242 g/mol. The van der Waals surface area contributed by atoms with Crippen LogP contribution >= 0.6 is 15.9 Å². The predicted octanol–water partition coefficient (Wildman–Crippen LogP) is 2.62. The molecule has 0 atom stereocenters. The van der Waals surface area contributed by atoms with Gasteiger partial charge in [-0.05, 0) is 31.2 Å². The fourth-order valence-corrected chi connectivity index (χ4v) is 1.50. The zero-order valence-electron chi connectivity index (χ0n) is 7.42. The molecule has 3 heteroatoms. The summed E-state index contributed by atoms with van der Waals surface area (Å²) in [5.74, 6) is 0.897. The van der Waals surface area contributed by atoms with Crippen LogP contribution in [0.15, 0.2) is 28.7 Å². The van der Waals surface area contributed by atoms with Crippen molar-refractivity contribution in [2.75, 3.05) is 13.2 Å². The SMILES string of the molecule is CC1(Oc2ccc(Br)cc2)COC1. The second kappa shape index (κ2) is 3.31. The van der Waals surface area contributed by atoms with Gasteiger partial charge in [0, 0.05) is 4.47 Å². The number of hydrogen-bond acceptors (Lipinski definition) is 2. The minimum Gasteiger partial charge on any atom is -0.483 e. The summed E-state index contributed by atoms with van der Waals surface area (Å²) >= 11 is 3.38. The fraction of sp³-hybridized carbons (Fsp3) is 0.400. The fourth-order valence-electron chi connectivity index (χ4n) is 1.24. The Balaban J connectivity index is 2.05. The molecule has 1 heterocycles. The topological polar surface area (TPSA) is 18.5 Å². The van der Waals surface area contributed by atoms with E-state index >= 15 is 0 Å². The molecule has 2 rings (SSSR count). The van der Waals surface area contributed by atoms with Crippen LogP contribution < -0.4 is 4.74 Å². The van der Waals surface area contributed by atoms with Gasteiger partial charge in [0.05, 0.1) is 13.2 Å². The van der Waals surface area contributed by atoms with E-state index in [0.717, 1.165) is 10.2 Å². The number of hydrogen-bond donors (Lipinski definition) is 0. The van der Waals surface area contributed by atoms with E-state index in [9.17, 15) is 0 Å². The van der Waals surface area contributed by atoms with E-state index in [1.54, 1.807) is 0 Å². The highest BCUT2D eigenvalue weighted by Gasteiger charge is 2.35. The standard InChI is InChI=1S/C10H11BrO2/c1-10(6-12-7-10)13-9-4-2-8(11)3-5-9/h2-5H,6-7H2,1H3. The first-order valence-corrected chi connectivity index (χ1v) is 5.00. The van der Waals surface area contributed by atoms with E-state index in [0.29, 0.717) is 13.2 Å². The molecule has 0 amide bonds. The smallest absolute Gasteiger partial charge is 0.152 e. The van der Waals surface area contributed by atoms with Crippen LogP contribution in [-0.2, 0) is 4.74 Å². The molecular formula is C10H11BrO2. The Kier molecular flexibility index (Phi) is 2.30. The molecular weight excluding hydrogens is 232 g/mol. The summed E-state index contributed by atoms with van der Waals surface area (Å²) in [6, 6.07) is 7.84. The third-order valence-corrected chi connectivity index (χ3v) is 2.52. The molecule has 70 valence electrons. The maximum atomic E-state index is 5.75. The van der Waals surface area contributed by atoms with Crippen molar-refractivity contribution in [3.8, 4) is 5.75 Å². The Morgan fingerprint density at radius 1 is 1.31 bits per heavy atom. The largest absolute Gasteiger partial charge is 0.483 e. The van der Waals surface area contributed by atoms with E-state index in [2.05, 4.69) is 22.9 Å². The molecule has 0 N–H and O–H groups in total. The highest BCUT2D eigenvalue weighted by Crippen LogP contribution is 2.25. The minimum atomic E-state index is -0.117. The minimum absolute atomic E-state index is 0.117. The molecule has 1 fully saturated rings. The molecule has 0 spiro atoms. The number of halogens is 1. The Morgan fingerprint density at radius 3 is 2.38 bits per heavy atom. The van der Waals surface area contributed by atoms with Crippen molar-refractivity contribution in [2.24, 2.45) is 0 Å². The van der Waals surface area contributed by atoms with Crippen LogP contribution in [0.3, 0.4) is 0 Å². The zero-order valence-corrected chi connectivity index (χ0v) is 9.00. The van der Waals surface area contributed by atoms with Crippen molar-refractivity contribution in [3.05, 3.63) is 28.7 Å². The highest BCUT2D eigenvalue weighted by atomic mass is 79.9. The summed E-state index contributed by atoms with van der Waals surface area (Å²) in [5, 5.41) is 0. The average molecular weight is 243 g/mol. The summed E-state index contributed by atoms with van der Waals surface area (Å²) in [7, 11) is 0. The van der Waals surface area contributed by atoms with Crippen molar-refractivity contribution in [1.29, 1.82) is 0 Å². The molecule has 1 saturated heterocycles. The average Bonchev–Trinajstić information content (AvgIpc) is 2.06.